The van der Waals surface area contributed by atoms with Gasteiger partial charge in [-0.1, -0.05) is 46.3 Å². The van der Waals surface area contributed by atoms with Crippen LogP contribution in [0.2, 0.25) is 0 Å². The molecule has 0 aromatic heterocycles. The molecule has 0 aliphatic rings. The molecule has 0 saturated carbocycles. The molecule has 0 amide bonds. The highest BCUT2D eigenvalue weighted by Crippen LogP contribution is 2.26. The number of hydrogen-bond acceptors (Lipinski definition) is 1. The molecule has 4 heteroatoms. The first kappa shape index (κ1) is 14.0. The summed E-state index contributed by atoms with van der Waals surface area (Å²) in [5.74, 6) is -1.07. The van der Waals surface area contributed by atoms with Gasteiger partial charge in [0, 0.05) is 18.9 Å². The van der Waals surface area contributed by atoms with Crippen LogP contribution in [0.5, 0.6) is 0 Å². The fourth-order valence-electron chi connectivity index (χ4n) is 2.00. The summed E-state index contributed by atoms with van der Waals surface area (Å²) in [5.41, 5.74) is 1.61. The maximum Gasteiger partial charge on any atom is 0.149 e. The van der Waals surface area contributed by atoms with Crippen molar-refractivity contribution in [2.24, 2.45) is 0 Å². The average molecular weight is 326 g/mol. The maximum atomic E-state index is 13.9. The van der Waals surface area contributed by atoms with Crippen LogP contribution in [0.3, 0.4) is 0 Å². The number of halogens is 3. The molecule has 0 fully saturated rings. The lowest BCUT2D eigenvalue weighted by molar-refractivity contribution is 0.574. The maximum absolute atomic E-state index is 13.9. The van der Waals surface area contributed by atoms with Crippen molar-refractivity contribution in [3.05, 3.63) is 65.2 Å². The minimum absolute atomic E-state index is 0.00792. The number of anilines is 1. The summed E-state index contributed by atoms with van der Waals surface area (Å²) in [7, 11) is 1.68. The van der Waals surface area contributed by atoms with Crippen molar-refractivity contribution >= 4 is 21.6 Å². The van der Waals surface area contributed by atoms with E-state index < -0.39 is 11.6 Å². The molecule has 0 atom stereocenters. The van der Waals surface area contributed by atoms with Crippen LogP contribution in [0, 0.1) is 11.6 Å². The van der Waals surface area contributed by atoms with E-state index in [1.54, 1.807) is 11.9 Å². The number of benzene rings is 2. The second kappa shape index (κ2) is 6.15. The molecule has 2 aromatic carbocycles. The standard InChI is InChI=1S/C15H14BrF2N/c1-19(10-11-5-3-2-4-6-11)15-13(17)7-12(9-16)8-14(15)18/h2-8H,9-10H2,1H3. The van der Waals surface area contributed by atoms with E-state index in [1.807, 2.05) is 30.3 Å². The van der Waals surface area contributed by atoms with E-state index in [4.69, 9.17) is 0 Å². The zero-order valence-electron chi connectivity index (χ0n) is 10.5. The van der Waals surface area contributed by atoms with Crippen LogP contribution < -0.4 is 4.90 Å². The number of nitrogens with zero attached hydrogens (tertiary/aromatic N) is 1. The van der Waals surface area contributed by atoms with E-state index >= 15 is 0 Å². The van der Waals surface area contributed by atoms with Gasteiger partial charge in [-0.3, -0.25) is 0 Å². The SMILES string of the molecule is CN(Cc1ccccc1)c1c(F)cc(CBr)cc1F. The Balaban J connectivity index is 2.26. The Kier molecular flexibility index (Phi) is 4.53. The van der Waals surface area contributed by atoms with E-state index in [0.29, 0.717) is 17.4 Å². The van der Waals surface area contributed by atoms with Crippen LogP contribution in [0.4, 0.5) is 14.5 Å². The summed E-state index contributed by atoms with van der Waals surface area (Å²) < 4.78 is 27.9. The summed E-state index contributed by atoms with van der Waals surface area (Å²) in [6.45, 7) is 0.461. The lowest BCUT2D eigenvalue weighted by Gasteiger charge is -2.21. The molecular weight excluding hydrogens is 312 g/mol. The minimum atomic E-state index is -0.534. The molecular formula is C15H14BrF2N. The molecule has 0 spiro atoms. The predicted molar refractivity (Wildman–Crippen MR) is 77.5 cm³/mol. The van der Waals surface area contributed by atoms with Crippen molar-refractivity contribution in [3.63, 3.8) is 0 Å². The van der Waals surface area contributed by atoms with Gasteiger partial charge < -0.3 is 4.90 Å². The Morgan fingerprint density at radius 2 is 1.58 bits per heavy atom. The highest BCUT2D eigenvalue weighted by atomic mass is 79.9. The van der Waals surface area contributed by atoms with Crippen molar-refractivity contribution in [2.75, 3.05) is 11.9 Å². The zero-order chi connectivity index (χ0) is 13.8. The van der Waals surface area contributed by atoms with Gasteiger partial charge in [-0.05, 0) is 23.3 Å². The van der Waals surface area contributed by atoms with Crippen LogP contribution in [-0.2, 0) is 11.9 Å². The van der Waals surface area contributed by atoms with E-state index in [1.165, 1.54) is 12.1 Å². The first-order chi connectivity index (χ1) is 9.11. The molecule has 0 aliphatic heterocycles. The van der Waals surface area contributed by atoms with Crippen molar-refractivity contribution < 1.29 is 8.78 Å². The quantitative estimate of drug-likeness (QED) is 0.748. The molecule has 0 N–H and O–H groups in total. The van der Waals surface area contributed by atoms with Gasteiger partial charge in [-0.15, -0.1) is 0 Å². The normalized spacial score (nSPS) is 10.5. The Morgan fingerprint density at radius 3 is 2.11 bits per heavy atom. The Labute approximate surface area is 120 Å². The van der Waals surface area contributed by atoms with Gasteiger partial charge in [-0.2, -0.15) is 0 Å². The molecule has 0 aliphatic carbocycles. The van der Waals surface area contributed by atoms with Crippen LogP contribution in [0.25, 0.3) is 0 Å². The Hall–Kier alpha value is -1.42. The fraction of sp³-hybridized carbons (Fsp3) is 0.200. The van der Waals surface area contributed by atoms with Crippen LogP contribution >= 0.6 is 15.9 Å². The molecule has 2 aromatic rings. The molecule has 0 radical (unpaired) electrons. The van der Waals surface area contributed by atoms with Crippen molar-refractivity contribution in [2.45, 2.75) is 11.9 Å². The Morgan fingerprint density at radius 1 is 1.00 bits per heavy atom. The molecule has 100 valence electrons. The van der Waals surface area contributed by atoms with Crippen molar-refractivity contribution in [3.8, 4) is 0 Å². The molecule has 0 bridgehead atoms. The van der Waals surface area contributed by atoms with E-state index in [9.17, 15) is 8.78 Å². The van der Waals surface area contributed by atoms with Crippen molar-refractivity contribution in [1.82, 2.24) is 0 Å². The van der Waals surface area contributed by atoms with E-state index in [-0.39, 0.29) is 5.69 Å². The van der Waals surface area contributed by atoms with Gasteiger partial charge in [0.05, 0.1) is 0 Å². The zero-order valence-corrected chi connectivity index (χ0v) is 12.1. The van der Waals surface area contributed by atoms with Crippen LogP contribution in [-0.4, -0.2) is 7.05 Å². The van der Waals surface area contributed by atoms with Crippen LogP contribution in [0.1, 0.15) is 11.1 Å². The van der Waals surface area contributed by atoms with Gasteiger partial charge in [0.2, 0.25) is 0 Å². The Bertz CT molecular complexity index is 534. The number of alkyl halides is 1. The van der Waals surface area contributed by atoms with E-state index in [0.717, 1.165) is 5.56 Å². The summed E-state index contributed by atoms with van der Waals surface area (Å²) >= 11 is 3.19. The third kappa shape index (κ3) is 3.32. The first-order valence-electron chi connectivity index (χ1n) is 5.90. The minimum Gasteiger partial charge on any atom is -0.366 e. The number of rotatable bonds is 4. The monoisotopic (exact) mass is 325 g/mol. The average Bonchev–Trinajstić information content (AvgIpc) is 2.38. The lowest BCUT2D eigenvalue weighted by atomic mass is 10.1. The largest absolute Gasteiger partial charge is 0.366 e. The third-order valence-electron chi connectivity index (χ3n) is 2.88. The highest BCUT2D eigenvalue weighted by molar-refractivity contribution is 9.08. The number of hydrogen-bond donors (Lipinski definition) is 0. The van der Waals surface area contributed by atoms with Gasteiger partial charge in [-0.25, -0.2) is 8.78 Å². The summed E-state index contributed by atoms with van der Waals surface area (Å²) in [4.78, 5) is 1.58. The lowest BCUT2D eigenvalue weighted by Crippen LogP contribution is -2.19. The second-order valence-corrected chi connectivity index (χ2v) is 4.94. The molecule has 0 unspecified atom stereocenters. The molecule has 1 nitrogen and oxygen atoms in total. The van der Waals surface area contributed by atoms with Crippen LogP contribution in [0.15, 0.2) is 42.5 Å². The van der Waals surface area contributed by atoms with Gasteiger partial charge in [0.1, 0.15) is 17.3 Å². The molecule has 0 saturated heterocycles. The molecule has 19 heavy (non-hydrogen) atoms. The second-order valence-electron chi connectivity index (χ2n) is 4.38. The third-order valence-corrected chi connectivity index (χ3v) is 3.52. The highest BCUT2D eigenvalue weighted by Gasteiger charge is 2.15. The molecule has 2 rings (SSSR count). The smallest absolute Gasteiger partial charge is 0.149 e. The fourth-order valence-corrected chi connectivity index (χ4v) is 2.32. The van der Waals surface area contributed by atoms with Crippen molar-refractivity contribution in [1.29, 1.82) is 0 Å². The van der Waals surface area contributed by atoms with Gasteiger partial charge in [0.25, 0.3) is 0 Å². The van der Waals surface area contributed by atoms with E-state index in [2.05, 4.69) is 15.9 Å². The first-order valence-corrected chi connectivity index (χ1v) is 7.03. The van der Waals surface area contributed by atoms with Gasteiger partial charge >= 0.3 is 0 Å². The summed E-state index contributed by atoms with van der Waals surface area (Å²) in [6, 6.07) is 12.3. The molecule has 0 heterocycles. The topological polar surface area (TPSA) is 3.24 Å². The summed E-state index contributed by atoms with van der Waals surface area (Å²) in [5, 5.41) is 0.434. The van der Waals surface area contributed by atoms with Gasteiger partial charge in [0.15, 0.2) is 0 Å². The summed E-state index contributed by atoms with van der Waals surface area (Å²) in [6.07, 6.45) is 0. The predicted octanol–water partition coefficient (Wildman–Crippen LogP) is 4.50.